The maximum absolute atomic E-state index is 11.8. The molecule has 1 amide bonds. The minimum absolute atomic E-state index is 0.201. The zero-order chi connectivity index (χ0) is 14.7. The number of carbonyl (C=O) groups excluding carboxylic acids is 1. The number of rotatable bonds is 3. The fourth-order valence-electron chi connectivity index (χ4n) is 3.27. The van der Waals surface area contributed by atoms with Crippen molar-refractivity contribution in [1.29, 1.82) is 0 Å². The summed E-state index contributed by atoms with van der Waals surface area (Å²) in [7, 11) is 0. The molecule has 6 nitrogen and oxygen atoms in total. The second kappa shape index (κ2) is 6.56. The number of carbonyl (C=O) groups is 1. The first kappa shape index (κ1) is 14.5. The van der Waals surface area contributed by atoms with Crippen molar-refractivity contribution in [3.63, 3.8) is 0 Å². The summed E-state index contributed by atoms with van der Waals surface area (Å²) in [5.74, 6) is 2.24. The molecule has 2 aliphatic heterocycles. The third kappa shape index (κ3) is 3.26. The van der Waals surface area contributed by atoms with Crippen LogP contribution in [0.3, 0.4) is 0 Å². The van der Waals surface area contributed by atoms with Crippen molar-refractivity contribution < 1.29 is 9.21 Å². The maximum Gasteiger partial charge on any atom is 0.222 e. The van der Waals surface area contributed by atoms with Gasteiger partial charge in [-0.2, -0.15) is 0 Å². The van der Waals surface area contributed by atoms with Crippen LogP contribution in [0.15, 0.2) is 4.42 Å². The van der Waals surface area contributed by atoms with E-state index < -0.39 is 0 Å². The van der Waals surface area contributed by atoms with Crippen molar-refractivity contribution in [1.82, 2.24) is 20.4 Å². The Morgan fingerprint density at radius 2 is 2.05 bits per heavy atom. The number of nitrogens with one attached hydrogen (secondary N) is 1. The van der Waals surface area contributed by atoms with E-state index in [2.05, 4.69) is 15.5 Å². The molecule has 0 radical (unpaired) electrons. The lowest BCUT2D eigenvalue weighted by molar-refractivity contribution is -0.132. The SMILES string of the molecule is CCC(=O)N1CCC[C@@H](c2nnc([C@H]3CCCNC3)o2)C1. The molecule has 0 aliphatic carbocycles. The van der Waals surface area contributed by atoms with Crippen LogP contribution in [0.5, 0.6) is 0 Å². The molecular formula is C15H24N4O2. The largest absolute Gasteiger partial charge is 0.425 e. The molecular weight excluding hydrogens is 268 g/mol. The molecule has 1 aromatic heterocycles. The van der Waals surface area contributed by atoms with Crippen LogP contribution in [0.2, 0.25) is 0 Å². The second-order valence-electron chi connectivity index (χ2n) is 6.05. The molecule has 6 heteroatoms. The van der Waals surface area contributed by atoms with Gasteiger partial charge in [-0.05, 0) is 32.2 Å². The molecule has 0 unspecified atom stereocenters. The Morgan fingerprint density at radius 1 is 1.29 bits per heavy atom. The number of piperidine rings is 2. The van der Waals surface area contributed by atoms with Gasteiger partial charge in [0.25, 0.3) is 0 Å². The average molecular weight is 292 g/mol. The highest BCUT2D eigenvalue weighted by Gasteiger charge is 2.29. The Labute approximate surface area is 125 Å². The summed E-state index contributed by atoms with van der Waals surface area (Å²) in [4.78, 5) is 13.8. The van der Waals surface area contributed by atoms with Gasteiger partial charge in [-0.3, -0.25) is 4.79 Å². The lowest BCUT2D eigenvalue weighted by Crippen LogP contribution is -2.38. The van der Waals surface area contributed by atoms with Gasteiger partial charge in [0.1, 0.15) is 0 Å². The molecule has 0 aromatic carbocycles. The normalized spacial score (nSPS) is 26.8. The summed E-state index contributed by atoms with van der Waals surface area (Å²) in [6.07, 6.45) is 4.87. The van der Waals surface area contributed by atoms with Gasteiger partial charge in [-0.1, -0.05) is 6.92 Å². The molecule has 1 N–H and O–H groups in total. The van der Waals surface area contributed by atoms with E-state index in [-0.39, 0.29) is 11.8 Å². The Kier molecular flexibility index (Phi) is 4.53. The highest BCUT2D eigenvalue weighted by Crippen LogP contribution is 2.29. The monoisotopic (exact) mass is 292 g/mol. The van der Waals surface area contributed by atoms with Crippen molar-refractivity contribution in [2.24, 2.45) is 0 Å². The van der Waals surface area contributed by atoms with Gasteiger partial charge in [-0.15, -0.1) is 10.2 Å². The van der Waals surface area contributed by atoms with E-state index in [9.17, 15) is 4.79 Å². The van der Waals surface area contributed by atoms with E-state index in [1.165, 1.54) is 0 Å². The van der Waals surface area contributed by atoms with Crippen LogP contribution >= 0.6 is 0 Å². The average Bonchev–Trinajstić information content (AvgIpc) is 3.05. The molecule has 0 saturated carbocycles. The van der Waals surface area contributed by atoms with Gasteiger partial charge >= 0.3 is 0 Å². The highest BCUT2D eigenvalue weighted by molar-refractivity contribution is 5.75. The predicted molar refractivity (Wildman–Crippen MR) is 78.0 cm³/mol. The summed E-state index contributed by atoms with van der Waals surface area (Å²) < 4.78 is 5.92. The fourth-order valence-corrected chi connectivity index (χ4v) is 3.27. The number of hydrogen-bond donors (Lipinski definition) is 1. The number of likely N-dealkylation sites (tertiary alicyclic amines) is 1. The van der Waals surface area contributed by atoms with E-state index in [1.807, 2.05) is 11.8 Å². The summed E-state index contributed by atoms with van der Waals surface area (Å²) in [5, 5.41) is 11.9. The minimum atomic E-state index is 0.201. The molecule has 2 atom stereocenters. The molecule has 0 bridgehead atoms. The van der Waals surface area contributed by atoms with Crippen molar-refractivity contribution in [3.05, 3.63) is 11.8 Å². The van der Waals surface area contributed by atoms with Crippen LogP contribution in [-0.2, 0) is 4.79 Å². The predicted octanol–water partition coefficient (Wildman–Crippen LogP) is 1.65. The molecule has 2 saturated heterocycles. The lowest BCUT2D eigenvalue weighted by atomic mass is 9.97. The standard InChI is InChI=1S/C15H24N4O2/c1-2-13(20)19-8-4-6-12(10-19)15-18-17-14(21-15)11-5-3-7-16-9-11/h11-12,16H,2-10H2,1H3/t11-,12+/m0/s1. The summed E-state index contributed by atoms with van der Waals surface area (Å²) in [6.45, 7) is 5.49. The Balaban J connectivity index is 1.66. The zero-order valence-electron chi connectivity index (χ0n) is 12.7. The molecule has 3 rings (SSSR count). The summed E-state index contributed by atoms with van der Waals surface area (Å²) in [6, 6.07) is 0. The van der Waals surface area contributed by atoms with E-state index in [0.29, 0.717) is 18.2 Å². The van der Waals surface area contributed by atoms with E-state index in [4.69, 9.17) is 4.42 Å². The molecule has 116 valence electrons. The summed E-state index contributed by atoms with van der Waals surface area (Å²) in [5.41, 5.74) is 0. The van der Waals surface area contributed by atoms with Crippen LogP contribution in [0.4, 0.5) is 0 Å². The maximum atomic E-state index is 11.8. The van der Waals surface area contributed by atoms with Crippen LogP contribution in [0.25, 0.3) is 0 Å². The topological polar surface area (TPSA) is 71.3 Å². The van der Waals surface area contributed by atoms with Gasteiger partial charge < -0.3 is 14.6 Å². The van der Waals surface area contributed by atoms with E-state index in [0.717, 1.165) is 57.8 Å². The molecule has 21 heavy (non-hydrogen) atoms. The highest BCUT2D eigenvalue weighted by atomic mass is 16.4. The van der Waals surface area contributed by atoms with Crippen molar-refractivity contribution in [2.45, 2.75) is 50.9 Å². The number of nitrogens with zero attached hydrogens (tertiary/aromatic N) is 3. The molecule has 1 aromatic rings. The number of aromatic nitrogens is 2. The number of amides is 1. The minimum Gasteiger partial charge on any atom is -0.425 e. The Morgan fingerprint density at radius 3 is 2.76 bits per heavy atom. The van der Waals surface area contributed by atoms with E-state index >= 15 is 0 Å². The molecule has 2 aliphatic rings. The third-order valence-electron chi connectivity index (χ3n) is 4.53. The van der Waals surface area contributed by atoms with Crippen molar-refractivity contribution >= 4 is 5.91 Å². The summed E-state index contributed by atoms with van der Waals surface area (Å²) >= 11 is 0. The molecule has 0 spiro atoms. The first-order valence-electron chi connectivity index (χ1n) is 8.09. The Hall–Kier alpha value is -1.43. The van der Waals surface area contributed by atoms with Crippen LogP contribution in [0, 0.1) is 0 Å². The lowest BCUT2D eigenvalue weighted by Gasteiger charge is -2.30. The van der Waals surface area contributed by atoms with Gasteiger partial charge in [0.2, 0.25) is 17.7 Å². The number of hydrogen-bond acceptors (Lipinski definition) is 5. The van der Waals surface area contributed by atoms with Crippen LogP contribution in [-0.4, -0.2) is 47.2 Å². The van der Waals surface area contributed by atoms with Crippen molar-refractivity contribution in [2.75, 3.05) is 26.2 Å². The Bertz CT molecular complexity index is 482. The smallest absolute Gasteiger partial charge is 0.222 e. The van der Waals surface area contributed by atoms with Gasteiger partial charge in [-0.25, -0.2) is 0 Å². The van der Waals surface area contributed by atoms with E-state index in [1.54, 1.807) is 0 Å². The van der Waals surface area contributed by atoms with Gasteiger partial charge in [0.05, 0.1) is 5.92 Å². The van der Waals surface area contributed by atoms with Crippen LogP contribution < -0.4 is 5.32 Å². The second-order valence-corrected chi connectivity index (χ2v) is 6.05. The zero-order valence-corrected chi connectivity index (χ0v) is 12.7. The first-order valence-corrected chi connectivity index (χ1v) is 8.09. The molecule has 2 fully saturated rings. The van der Waals surface area contributed by atoms with Gasteiger partial charge in [0.15, 0.2) is 0 Å². The van der Waals surface area contributed by atoms with Crippen molar-refractivity contribution in [3.8, 4) is 0 Å². The quantitative estimate of drug-likeness (QED) is 0.917. The fraction of sp³-hybridized carbons (Fsp3) is 0.800. The van der Waals surface area contributed by atoms with Crippen LogP contribution in [0.1, 0.15) is 62.6 Å². The first-order chi connectivity index (χ1) is 10.3. The third-order valence-corrected chi connectivity index (χ3v) is 4.53. The molecule has 3 heterocycles. The van der Waals surface area contributed by atoms with Gasteiger partial charge in [0, 0.05) is 32.0 Å².